The van der Waals surface area contributed by atoms with E-state index in [2.05, 4.69) is 41.5 Å². The zero-order chi connectivity index (χ0) is 11.2. The van der Waals surface area contributed by atoms with E-state index in [1.54, 1.807) is 0 Å². The Morgan fingerprint density at radius 1 is 1.38 bits per heavy atom. The maximum atomic E-state index is 4.04. The predicted molar refractivity (Wildman–Crippen MR) is 67.1 cm³/mol. The molecule has 1 N–H and O–H groups in total. The van der Waals surface area contributed by atoms with Crippen molar-refractivity contribution in [2.45, 2.75) is 32.2 Å². The van der Waals surface area contributed by atoms with Gasteiger partial charge in [-0.25, -0.2) is 0 Å². The molecule has 0 amide bonds. The number of nitrogens with one attached hydrogen (secondary N) is 1. The summed E-state index contributed by atoms with van der Waals surface area (Å²) in [5, 5.41) is 3.61. The second-order valence-electron chi connectivity index (χ2n) is 4.56. The van der Waals surface area contributed by atoms with Crippen molar-refractivity contribution in [2.24, 2.45) is 5.92 Å². The minimum atomic E-state index is 0.425. The number of pyridine rings is 1. The van der Waals surface area contributed by atoms with Crippen LogP contribution in [0.15, 0.2) is 36.7 Å². The quantitative estimate of drug-likeness (QED) is 0.782. The van der Waals surface area contributed by atoms with Crippen LogP contribution < -0.4 is 5.32 Å². The Kier molecular flexibility index (Phi) is 4.11. The zero-order valence-corrected chi connectivity index (χ0v) is 9.89. The van der Waals surface area contributed by atoms with Crippen LogP contribution in [0.4, 0.5) is 0 Å². The standard InChI is InChI=1S/C14H20N2/c1-12(14-7-9-15-10-8-14)16-11-13-5-3-2-4-6-13/h2-3,7-10,12-13,16H,4-6,11H2,1H3/t12-,13?/m1/s1. The maximum absolute atomic E-state index is 4.04. The topological polar surface area (TPSA) is 24.9 Å². The van der Waals surface area contributed by atoms with Crippen molar-refractivity contribution in [3.8, 4) is 0 Å². The molecule has 1 aromatic heterocycles. The SMILES string of the molecule is C[C@@H](NCC1CC=CCC1)c1ccncc1. The van der Waals surface area contributed by atoms with Crippen LogP contribution in [-0.2, 0) is 0 Å². The predicted octanol–water partition coefficient (Wildman–Crippen LogP) is 3.09. The molecule has 2 nitrogen and oxygen atoms in total. The molecule has 0 aromatic carbocycles. The van der Waals surface area contributed by atoms with Gasteiger partial charge < -0.3 is 5.32 Å². The van der Waals surface area contributed by atoms with E-state index in [4.69, 9.17) is 0 Å². The molecule has 1 unspecified atom stereocenters. The first-order chi connectivity index (χ1) is 7.86. The maximum Gasteiger partial charge on any atom is 0.0293 e. The molecule has 0 aliphatic heterocycles. The van der Waals surface area contributed by atoms with Gasteiger partial charge in [-0.15, -0.1) is 0 Å². The van der Waals surface area contributed by atoms with Gasteiger partial charge in [-0.05, 0) is 56.3 Å². The van der Waals surface area contributed by atoms with Gasteiger partial charge in [-0.1, -0.05) is 12.2 Å². The molecule has 2 atom stereocenters. The molecule has 2 heteroatoms. The average molecular weight is 216 g/mol. The fourth-order valence-electron chi connectivity index (χ4n) is 2.16. The number of nitrogens with zero attached hydrogens (tertiary/aromatic N) is 1. The van der Waals surface area contributed by atoms with Crippen LogP contribution in [0.1, 0.15) is 37.8 Å². The summed E-state index contributed by atoms with van der Waals surface area (Å²) in [6.45, 7) is 3.34. The van der Waals surface area contributed by atoms with Crippen LogP contribution in [0, 0.1) is 5.92 Å². The van der Waals surface area contributed by atoms with Gasteiger partial charge in [-0.3, -0.25) is 4.98 Å². The first-order valence-corrected chi connectivity index (χ1v) is 6.14. The molecule has 0 fully saturated rings. The summed E-state index contributed by atoms with van der Waals surface area (Å²) in [5.74, 6) is 0.814. The van der Waals surface area contributed by atoms with Crippen LogP contribution in [0.3, 0.4) is 0 Å². The first kappa shape index (κ1) is 11.3. The van der Waals surface area contributed by atoms with E-state index in [0.717, 1.165) is 12.5 Å². The van der Waals surface area contributed by atoms with Crippen molar-refractivity contribution in [3.63, 3.8) is 0 Å². The number of allylic oxidation sites excluding steroid dienone is 2. The van der Waals surface area contributed by atoms with Crippen LogP contribution in [0.2, 0.25) is 0 Å². The summed E-state index contributed by atoms with van der Waals surface area (Å²) in [6, 6.07) is 4.59. The molecule has 1 heterocycles. The number of aromatic nitrogens is 1. The summed E-state index contributed by atoms with van der Waals surface area (Å²) in [4.78, 5) is 4.04. The monoisotopic (exact) mass is 216 g/mol. The van der Waals surface area contributed by atoms with E-state index in [1.807, 2.05) is 12.4 Å². The van der Waals surface area contributed by atoms with Crippen molar-refractivity contribution in [1.82, 2.24) is 10.3 Å². The van der Waals surface area contributed by atoms with Gasteiger partial charge in [0.15, 0.2) is 0 Å². The van der Waals surface area contributed by atoms with Crippen molar-refractivity contribution in [2.75, 3.05) is 6.54 Å². The van der Waals surface area contributed by atoms with Crippen molar-refractivity contribution in [3.05, 3.63) is 42.2 Å². The highest BCUT2D eigenvalue weighted by Gasteiger charge is 2.11. The van der Waals surface area contributed by atoms with Gasteiger partial charge in [0, 0.05) is 18.4 Å². The van der Waals surface area contributed by atoms with Gasteiger partial charge in [-0.2, -0.15) is 0 Å². The van der Waals surface area contributed by atoms with Crippen molar-refractivity contribution in [1.29, 1.82) is 0 Å². The Morgan fingerprint density at radius 3 is 2.88 bits per heavy atom. The molecule has 0 bridgehead atoms. The summed E-state index contributed by atoms with van der Waals surface area (Å²) < 4.78 is 0. The Morgan fingerprint density at radius 2 is 2.19 bits per heavy atom. The van der Waals surface area contributed by atoms with Gasteiger partial charge in [0.05, 0.1) is 0 Å². The van der Waals surface area contributed by atoms with E-state index in [0.29, 0.717) is 6.04 Å². The van der Waals surface area contributed by atoms with Gasteiger partial charge in [0.1, 0.15) is 0 Å². The molecule has 86 valence electrons. The summed E-state index contributed by atoms with van der Waals surface area (Å²) in [7, 11) is 0. The third-order valence-corrected chi connectivity index (χ3v) is 3.30. The molecule has 0 spiro atoms. The Labute approximate surface area is 97.8 Å². The molecule has 16 heavy (non-hydrogen) atoms. The molecule has 2 rings (SSSR count). The van der Waals surface area contributed by atoms with E-state index >= 15 is 0 Å². The van der Waals surface area contributed by atoms with Crippen molar-refractivity contribution >= 4 is 0 Å². The molecule has 1 aromatic rings. The minimum Gasteiger partial charge on any atom is -0.310 e. The largest absolute Gasteiger partial charge is 0.310 e. The lowest BCUT2D eigenvalue weighted by atomic mass is 9.94. The fourth-order valence-corrected chi connectivity index (χ4v) is 2.16. The Hall–Kier alpha value is -1.15. The molecular formula is C14H20N2. The van der Waals surface area contributed by atoms with Crippen LogP contribution in [0.25, 0.3) is 0 Å². The Balaban J connectivity index is 1.79. The lowest BCUT2D eigenvalue weighted by molar-refractivity contribution is 0.415. The van der Waals surface area contributed by atoms with Crippen LogP contribution in [-0.4, -0.2) is 11.5 Å². The van der Waals surface area contributed by atoms with E-state index in [-0.39, 0.29) is 0 Å². The van der Waals surface area contributed by atoms with Crippen LogP contribution >= 0.6 is 0 Å². The molecule has 0 saturated heterocycles. The number of hydrogen-bond donors (Lipinski definition) is 1. The highest BCUT2D eigenvalue weighted by atomic mass is 14.9. The normalized spacial score (nSPS) is 21.9. The fraction of sp³-hybridized carbons (Fsp3) is 0.500. The lowest BCUT2D eigenvalue weighted by Crippen LogP contribution is -2.26. The second-order valence-corrected chi connectivity index (χ2v) is 4.56. The minimum absolute atomic E-state index is 0.425. The summed E-state index contributed by atoms with van der Waals surface area (Å²) in [6.07, 6.45) is 12.1. The summed E-state index contributed by atoms with van der Waals surface area (Å²) in [5.41, 5.74) is 1.32. The van der Waals surface area contributed by atoms with E-state index in [9.17, 15) is 0 Å². The van der Waals surface area contributed by atoms with Gasteiger partial charge >= 0.3 is 0 Å². The average Bonchev–Trinajstić information content (AvgIpc) is 2.38. The highest BCUT2D eigenvalue weighted by molar-refractivity contribution is 5.13. The van der Waals surface area contributed by atoms with Crippen LogP contribution in [0.5, 0.6) is 0 Å². The number of rotatable bonds is 4. The molecule has 1 aliphatic carbocycles. The lowest BCUT2D eigenvalue weighted by Gasteiger charge is -2.21. The molecular weight excluding hydrogens is 196 g/mol. The third-order valence-electron chi connectivity index (χ3n) is 3.30. The summed E-state index contributed by atoms with van der Waals surface area (Å²) >= 11 is 0. The highest BCUT2D eigenvalue weighted by Crippen LogP contribution is 2.18. The smallest absolute Gasteiger partial charge is 0.0293 e. The number of hydrogen-bond acceptors (Lipinski definition) is 2. The first-order valence-electron chi connectivity index (χ1n) is 6.14. The van der Waals surface area contributed by atoms with E-state index in [1.165, 1.54) is 24.8 Å². The zero-order valence-electron chi connectivity index (χ0n) is 9.89. The molecule has 1 aliphatic rings. The second kappa shape index (κ2) is 5.80. The van der Waals surface area contributed by atoms with Crippen molar-refractivity contribution < 1.29 is 0 Å². The third kappa shape index (κ3) is 3.17. The van der Waals surface area contributed by atoms with E-state index < -0.39 is 0 Å². The van der Waals surface area contributed by atoms with Gasteiger partial charge in [0.2, 0.25) is 0 Å². The van der Waals surface area contributed by atoms with Gasteiger partial charge in [0.25, 0.3) is 0 Å². The molecule has 0 saturated carbocycles. The Bertz CT molecular complexity index is 332. The molecule has 0 radical (unpaired) electrons.